The first-order chi connectivity index (χ1) is 12.9. The van der Waals surface area contributed by atoms with Crippen LogP contribution in [0.1, 0.15) is 16.4 Å². The van der Waals surface area contributed by atoms with E-state index in [0.29, 0.717) is 0 Å². The third-order valence-electron chi connectivity index (χ3n) is 4.34. The second-order valence-electron chi connectivity index (χ2n) is 5.99. The van der Waals surface area contributed by atoms with Crippen LogP contribution in [0.4, 0.5) is 0 Å². The Bertz CT molecular complexity index is 1120. The summed E-state index contributed by atoms with van der Waals surface area (Å²) >= 11 is 3.42. The summed E-state index contributed by atoms with van der Waals surface area (Å²) in [6.45, 7) is 0. The largest absolute Gasteiger partial charge is 0.260 e. The fourth-order valence-corrected chi connectivity index (χ4v) is 5.32. The van der Waals surface area contributed by atoms with E-state index in [1.54, 1.807) is 23.1 Å². The zero-order chi connectivity index (χ0) is 17.3. The smallest absolute Gasteiger partial charge is 0.217 e. The third-order valence-corrected chi connectivity index (χ3v) is 6.61. The standard InChI is InChI=1S/C21H15N3S2/c1-3-9-15(10-4-1)19(16-11-5-2-6-12-16)26-21-23-22-20-24(21)17-13-7-8-14-18(17)25-20/h1-14,19H. The van der Waals surface area contributed by atoms with Gasteiger partial charge in [0.2, 0.25) is 4.96 Å². The molecule has 0 aliphatic carbocycles. The lowest BCUT2D eigenvalue weighted by Gasteiger charge is -2.16. The van der Waals surface area contributed by atoms with Crippen molar-refractivity contribution in [1.82, 2.24) is 14.6 Å². The molecule has 3 nitrogen and oxygen atoms in total. The van der Waals surface area contributed by atoms with Crippen LogP contribution in [-0.2, 0) is 0 Å². The summed E-state index contributed by atoms with van der Waals surface area (Å²) in [6.07, 6.45) is 0. The van der Waals surface area contributed by atoms with Gasteiger partial charge in [-0.3, -0.25) is 4.40 Å². The molecular formula is C21H15N3S2. The molecule has 0 amide bonds. The Kier molecular flexibility index (Phi) is 3.96. The minimum atomic E-state index is 0.170. The van der Waals surface area contributed by atoms with Crippen molar-refractivity contribution >= 4 is 38.3 Å². The molecule has 0 unspecified atom stereocenters. The fraction of sp³-hybridized carbons (Fsp3) is 0.0476. The van der Waals surface area contributed by atoms with Gasteiger partial charge < -0.3 is 0 Å². The fourth-order valence-electron chi connectivity index (χ4n) is 3.12. The Hall–Kier alpha value is -2.63. The molecule has 5 aromatic rings. The van der Waals surface area contributed by atoms with Crippen LogP contribution in [0, 0.1) is 0 Å². The summed E-state index contributed by atoms with van der Waals surface area (Å²) in [5, 5.41) is 9.99. The SMILES string of the molecule is c1ccc(C(Sc2nnc3sc4ccccc4n23)c2ccccc2)cc1. The molecule has 0 saturated heterocycles. The van der Waals surface area contributed by atoms with E-state index in [4.69, 9.17) is 0 Å². The highest BCUT2D eigenvalue weighted by molar-refractivity contribution is 7.99. The van der Waals surface area contributed by atoms with Gasteiger partial charge >= 0.3 is 0 Å². The van der Waals surface area contributed by atoms with E-state index < -0.39 is 0 Å². The zero-order valence-electron chi connectivity index (χ0n) is 13.8. The van der Waals surface area contributed by atoms with Crippen molar-refractivity contribution in [3.8, 4) is 0 Å². The number of rotatable bonds is 4. The topological polar surface area (TPSA) is 30.2 Å². The zero-order valence-corrected chi connectivity index (χ0v) is 15.5. The molecule has 126 valence electrons. The van der Waals surface area contributed by atoms with Crippen LogP contribution in [0.15, 0.2) is 90.1 Å². The predicted octanol–water partition coefficient (Wildman–Crippen LogP) is 5.83. The molecule has 0 spiro atoms. The maximum Gasteiger partial charge on any atom is 0.217 e. The molecule has 2 aromatic heterocycles. The average Bonchev–Trinajstić information content (AvgIpc) is 3.27. The van der Waals surface area contributed by atoms with Crippen molar-refractivity contribution in [1.29, 1.82) is 0 Å². The Morgan fingerprint density at radius 1 is 0.731 bits per heavy atom. The molecule has 0 aliphatic rings. The van der Waals surface area contributed by atoms with E-state index in [0.717, 1.165) is 10.1 Å². The lowest BCUT2D eigenvalue weighted by molar-refractivity contribution is 0.934. The maximum atomic E-state index is 4.48. The Balaban J connectivity index is 1.64. The van der Waals surface area contributed by atoms with Gasteiger partial charge in [-0.1, -0.05) is 95.9 Å². The van der Waals surface area contributed by atoms with Gasteiger partial charge in [-0.05, 0) is 23.3 Å². The summed E-state index contributed by atoms with van der Waals surface area (Å²) in [4.78, 5) is 0.938. The van der Waals surface area contributed by atoms with Crippen molar-refractivity contribution in [2.24, 2.45) is 0 Å². The number of fused-ring (bicyclic) bond motifs is 3. The van der Waals surface area contributed by atoms with Crippen molar-refractivity contribution in [3.63, 3.8) is 0 Å². The van der Waals surface area contributed by atoms with Crippen molar-refractivity contribution in [2.75, 3.05) is 0 Å². The second-order valence-corrected chi connectivity index (χ2v) is 8.07. The molecular weight excluding hydrogens is 358 g/mol. The van der Waals surface area contributed by atoms with Crippen LogP contribution in [0.3, 0.4) is 0 Å². The van der Waals surface area contributed by atoms with E-state index in [2.05, 4.69) is 99.5 Å². The van der Waals surface area contributed by atoms with E-state index in [-0.39, 0.29) is 5.25 Å². The number of thioether (sulfide) groups is 1. The van der Waals surface area contributed by atoms with Gasteiger partial charge in [0.15, 0.2) is 5.16 Å². The number of hydrogen-bond donors (Lipinski definition) is 0. The van der Waals surface area contributed by atoms with Gasteiger partial charge in [-0.15, -0.1) is 10.2 Å². The van der Waals surface area contributed by atoms with E-state index >= 15 is 0 Å². The Morgan fingerprint density at radius 2 is 1.35 bits per heavy atom. The first-order valence-electron chi connectivity index (χ1n) is 8.39. The van der Waals surface area contributed by atoms with Crippen LogP contribution >= 0.6 is 23.1 Å². The number of hydrogen-bond acceptors (Lipinski definition) is 4. The van der Waals surface area contributed by atoms with Gasteiger partial charge in [-0.25, -0.2) is 0 Å². The molecule has 5 heteroatoms. The number of benzene rings is 3. The number of thiazole rings is 1. The van der Waals surface area contributed by atoms with Crippen LogP contribution < -0.4 is 0 Å². The monoisotopic (exact) mass is 373 g/mol. The van der Waals surface area contributed by atoms with Gasteiger partial charge in [0.05, 0.1) is 15.5 Å². The normalized spacial score (nSPS) is 11.6. The molecule has 5 rings (SSSR count). The highest BCUT2D eigenvalue weighted by atomic mass is 32.2. The van der Waals surface area contributed by atoms with Gasteiger partial charge in [0.1, 0.15) is 0 Å². The van der Waals surface area contributed by atoms with Gasteiger partial charge in [0.25, 0.3) is 0 Å². The van der Waals surface area contributed by atoms with Gasteiger partial charge in [0, 0.05) is 0 Å². The van der Waals surface area contributed by atoms with E-state index in [9.17, 15) is 0 Å². The minimum Gasteiger partial charge on any atom is -0.260 e. The Morgan fingerprint density at radius 3 is 2.04 bits per heavy atom. The maximum absolute atomic E-state index is 4.48. The highest BCUT2D eigenvalue weighted by Crippen LogP contribution is 2.41. The lowest BCUT2D eigenvalue weighted by Crippen LogP contribution is -1.98. The van der Waals surface area contributed by atoms with Crippen LogP contribution in [0.2, 0.25) is 0 Å². The summed E-state index contributed by atoms with van der Waals surface area (Å²) < 4.78 is 3.40. The quantitative estimate of drug-likeness (QED) is 0.372. The summed E-state index contributed by atoms with van der Waals surface area (Å²) in [5.74, 6) is 0. The number of para-hydroxylation sites is 1. The lowest BCUT2D eigenvalue weighted by atomic mass is 10.0. The second kappa shape index (κ2) is 6.59. The molecule has 3 aromatic carbocycles. The Labute approximate surface area is 159 Å². The highest BCUT2D eigenvalue weighted by Gasteiger charge is 2.20. The van der Waals surface area contributed by atoms with Crippen LogP contribution in [0.25, 0.3) is 15.2 Å². The van der Waals surface area contributed by atoms with Crippen molar-refractivity contribution in [2.45, 2.75) is 10.4 Å². The number of nitrogens with zero attached hydrogens (tertiary/aromatic N) is 3. The number of aromatic nitrogens is 3. The van der Waals surface area contributed by atoms with Gasteiger partial charge in [-0.2, -0.15) is 0 Å². The molecule has 0 radical (unpaired) electrons. The van der Waals surface area contributed by atoms with E-state index in [1.807, 2.05) is 0 Å². The summed E-state index contributed by atoms with van der Waals surface area (Å²) in [7, 11) is 0. The predicted molar refractivity (Wildman–Crippen MR) is 109 cm³/mol. The molecule has 0 aliphatic heterocycles. The van der Waals surface area contributed by atoms with Crippen molar-refractivity contribution < 1.29 is 0 Å². The summed E-state index contributed by atoms with van der Waals surface area (Å²) in [5.41, 5.74) is 3.69. The molecule has 0 fully saturated rings. The van der Waals surface area contributed by atoms with E-state index in [1.165, 1.54) is 21.3 Å². The molecule has 0 bridgehead atoms. The average molecular weight is 374 g/mol. The first kappa shape index (κ1) is 15.6. The third kappa shape index (κ3) is 2.69. The first-order valence-corrected chi connectivity index (χ1v) is 10.1. The minimum absolute atomic E-state index is 0.170. The van der Waals surface area contributed by atoms with Crippen LogP contribution in [0.5, 0.6) is 0 Å². The molecule has 2 heterocycles. The van der Waals surface area contributed by atoms with Crippen LogP contribution in [-0.4, -0.2) is 14.6 Å². The molecule has 26 heavy (non-hydrogen) atoms. The van der Waals surface area contributed by atoms with Crippen molar-refractivity contribution in [3.05, 3.63) is 96.1 Å². The summed E-state index contributed by atoms with van der Waals surface area (Å²) in [6, 6.07) is 29.6. The molecule has 0 atom stereocenters. The molecule has 0 saturated carbocycles. The molecule has 0 N–H and O–H groups in total.